The molecule has 0 bridgehead atoms. The Morgan fingerprint density at radius 3 is 2.88 bits per heavy atom. The minimum Gasteiger partial charge on any atom is -0.493 e. The molecule has 5 heteroatoms. The number of amides is 1. The highest BCUT2D eigenvalue weighted by molar-refractivity contribution is 5.96. The molecule has 0 aliphatic carbocycles. The van der Waals surface area contributed by atoms with E-state index in [1.54, 1.807) is 6.07 Å². The lowest BCUT2D eigenvalue weighted by Crippen LogP contribution is -2.23. The van der Waals surface area contributed by atoms with Crippen LogP contribution in [0.2, 0.25) is 0 Å². The quantitative estimate of drug-likeness (QED) is 0.791. The number of hydrogen-bond donors (Lipinski definition) is 1. The van der Waals surface area contributed by atoms with Gasteiger partial charge in [0.2, 0.25) is 6.79 Å². The monoisotopic (exact) mass is 327 g/mol. The molecule has 24 heavy (non-hydrogen) atoms. The van der Waals surface area contributed by atoms with Crippen LogP contribution in [0.15, 0.2) is 42.5 Å². The summed E-state index contributed by atoms with van der Waals surface area (Å²) in [5, 5.41) is 2.92. The van der Waals surface area contributed by atoms with Gasteiger partial charge in [-0.1, -0.05) is 31.5 Å². The molecular weight excluding hydrogens is 306 g/mol. The standard InChI is InChI=1S/C19H21NO4/c1-2-3-10-22-16-7-5-4-6-15(16)19(21)20-12-14-8-9-17-18(11-14)24-13-23-17/h4-9,11H,2-3,10,12-13H2,1H3,(H,20,21). The minimum atomic E-state index is -0.153. The number of carbonyl (C=O) groups is 1. The summed E-state index contributed by atoms with van der Waals surface area (Å²) in [6, 6.07) is 13.0. The summed E-state index contributed by atoms with van der Waals surface area (Å²) < 4.78 is 16.3. The Kier molecular flexibility index (Phi) is 5.21. The van der Waals surface area contributed by atoms with Gasteiger partial charge in [-0.15, -0.1) is 0 Å². The Hall–Kier alpha value is -2.69. The summed E-state index contributed by atoms with van der Waals surface area (Å²) in [6.07, 6.45) is 2.02. The molecule has 2 aromatic carbocycles. The van der Waals surface area contributed by atoms with Crippen LogP contribution in [0.5, 0.6) is 17.2 Å². The van der Waals surface area contributed by atoms with Crippen molar-refractivity contribution < 1.29 is 19.0 Å². The molecule has 0 radical (unpaired) electrons. The van der Waals surface area contributed by atoms with Gasteiger partial charge in [0.1, 0.15) is 5.75 Å². The Morgan fingerprint density at radius 2 is 2.00 bits per heavy atom. The highest BCUT2D eigenvalue weighted by Gasteiger charge is 2.15. The first-order valence-electron chi connectivity index (χ1n) is 8.16. The molecule has 0 unspecified atom stereocenters. The van der Waals surface area contributed by atoms with Gasteiger partial charge in [-0.2, -0.15) is 0 Å². The molecule has 2 aromatic rings. The van der Waals surface area contributed by atoms with Crippen LogP contribution in [0, 0.1) is 0 Å². The van der Waals surface area contributed by atoms with Gasteiger partial charge >= 0.3 is 0 Å². The van der Waals surface area contributed by atoms with Crippen molar-refractivity contribution in [3.05, 3.63) is 53.6 Å². The zero-order valence-electron chi connectivity index (χ0n) is 13.7. The highest BCUT2D eigenvalue weighted by Crippen LogP contribution is 2.32. The van der Waals surface area contributed by atoms with Gasteiger partial charge in [-0.3, -0.25) is 4.79 Å². The third-order valence-electron chi connectivity index (χ3n) is 3.78. The van der Waals surface area contributed by atoms with Gasteiger partial charge in [0, 0.05) is 6.54 Å². The second kappa shape index (κ2) is 7.73. The van der Waals surface area contributed by atoms with Crippen molar-refractivity contribution in [2.45, 2.75) is 26.3 Å². The van der Waals surface area contributed by atoms with Crippen LogP contribution in [-0.4, -0.2) is 19.3 Å². The Morgan fingerprint density at radius 1 is 1.17 bits per heavy atom. The molecule has 1 amide bonds. The molecule has 1 heterocycles. The molecule has 5 nitrogen and oxygen atoms in total. The first-order valence-corrected chi connectivity index (χ1v) is 8.16. The van der Waals surface area contributed by atoms with Crippen LogP contribution in [-0.2, 0) is 6.54 Å². The predicted octanol–water partition coefficient (Wildman–Crippen LogP) is 3.52. The average Bonchev–Trinajstić information content (AvgIpc) is 3.08. The number of benzene rings is 2. The lowest BCUT2D eigenvalue weighted by atomic mass is 10.1. The van der Waals surface area contributed by atoms with Gasteiger partial charge in [0.25, 0.3) is 5.91 Å². The fraction of sp³-hybridized carbons (Fsp3) is 0.316. The lowest BCUT2D eigenvalue weighted by molar-refractivity contribution is 0.0946. The summed E-state index contributed by atoms with van der Waals surface area (Å²) in [4.78, 5) is 12.5. The average molecular weight is 327 g/mol. The number of para-hydroxylation sites is 1. The van der Waals surface area contributed by atoms with E-state index in [2.05, 4.69) is 12.2 Å². The van der Waals surface area contributed by atoms with E-state index < -0.39 is 0 Å². The summed E-state index contributed by atoms with van der Waals surface area (Å²) in [6.45, 7) is 3.38. The minimum absolute atomic E-state index is 0.153. The second-order valence-corrected chi connectivity index (χ2v) is 5.57. The number of carbonyl (C=O) groups excluding carboxylic acids is 1. The Bertz CT molecular complexity index is 714. The lowest BCUT2D eigenvalue weighted by Gasteiger charge is -2.11. The number of fused-ring (bicyclic) bond motifs is 1. The van der Waals surface area contributed by atoms with Crippen molar-refractivity contribution in [1.82, 2.24) is 5.32 Å². The van der Waals surface area contributed by atoms with E-state index in [1.807, 2.05) is 36.4 Å². The molecular formula is C19H21NO4. The van der Waals surface area contributed by atoms with Crippen LogP contribution in [0.1, 0.15) is 35.7 Å². The van der Waals surface area contributed by atoms with Gasteiger partial charge in [-0.25, -0.2) is 0 Å². The fourth-order valence-corrected chi connectivity index (χ4v) is 2.44. The van der Waals surface area contributed by atoms with Crippen molar-refractivity contribution in [2.75, 3.05) is 13.4 Å². The molecule has 0 saturated carbocycles. The maximum absolute atomic E-state index is 12.5. The molecule has 3 rings (SSSR count). The summed E-state index contributed by atoms with van der Waals surface area (Å²) in [5.74, 6) is 1.92. The molecule has 0 aromatic heterocycles. The highest BCUT2D eigenvalue weighted by atomic mass is 16.7. The van der Waals surface area contributed by atoms with Crippen molar-refractivity contribution in [2.24, 2.45) is 0 Å². The normalized spacial score (nSPS) is 12.0. The first-order chi connectivity index (χ1) is 11.8. The smallest absolute Gasteiger partial charge is 0.255 e. The number of unbranched alkanes of at least 4 members (excludes halogenated alkanes) is 1. The van der Waals surface area contributed by atoms with E-state index in [-0.39, 0.29) is 12.7 Å². The van der Waals surface area contributed by atoms with Crippen LogP contribution >= 0.6 is 0 Å². The molecule has 0 saturated heterocycles. The van der Waals surface area contributed by atoms with Gasteiger partial charge < -0.3 is 19.5 Å². The maximum Gasteiger partial charge on any atom is 0.255 e. The molecule has 1 aliphatic heterocycles. The largest absolute Gasteiger partial charge is 0.493 e. The van der Waals surface area contributed by atoms with Gasteiger partial charge in [0.05, 0.1) is 12.2 Å². The summed E-state index contributed by atoms with van der Waals surface area (Å²) in [5.41, 5.74) is 1.51. The maximum atomic E-state index is 12.5. The molecule has 0 fully saturated rings. The zero-order valence-corrected chi connectivity index (χ0v) is 13.7. The van der Waals surface area contributed by atoms with E-state index >= 15 is 0 Å². The van der Waals surface area contributed by atoms with Crippen molar-refractivity contribution in [3.63, 3.8) is 0 Å². The molecule has 0 spiro atoms. The third kappa shape index (κ3) is 3.79. The molecule has 1 N–H and O–H groups in total. The van der Waals surface area contributed by atoms with Crippen molar-refractivity contribution in [1.29, 1.82) is 0 Å². The fourth-order valence-electron chi connectivity index (χ4n) is 2.44. The van der Waals surface area contributed by atoms with Gasteiger partial charge in [0.15, 0.2) is 11.5 Å². The number of ether oxygens (including phenoxy) is 3. The number of hydrogen-bond acceptors (Lipinski definition) is 4. The van der Waals surface area contributed by atoms with E-state index in [0.717, 1.165) is 24.2 Å². The predicted molar refractivity (Wildman–Crippen MR) is 90.6 cm³/mol. The Labute approximate surface area is 141 Å². The van der Waals surface area contributed by atoms with E-state index in [1.165, 1.54) is 0 Å². The van der Waals surface area contributed by atoms with Crippen LogP contribution in [0.4, 0.5) is 0 Å². The van der Waals surface area contributed by atoms with Crippen molar-refractivity contribution in [3.8, 4) is 17.2 Å². The second-order valence-electron chi connectivity index (χ2n) is 5.57. The first kappa shape index (κ1) is 16.2. The third-order valence-corrected chi connectivity index (χ3v) is 3.78. The topological polar surface area (TPSA) is 56.8 Å². The molecule has 126 valence electrons. The van der Waals surface area contributed by atoms with Crippen LogP contribution in [0.3, 0.4) is 0 Å². The van der Waals surface area contributed by atoms with E-state index in [9.17, 15) is 4.79 Å². The van der Waals surface area contributed by atoms with Gasteiger partial charge in [-0.05, 0) is 36.2 Å². The molecule has 0 atom stereocenters. The van der Waals surface area contributed by atoms with Crippen LogP contribution in [0.25, 0.3) is 0 Å². The summed E-state index contributed by atoms with van der Waals surface area (Å²) in [7, 11) is 0. The number of nitrogens with one attached hydrogen (secondary N) is 1. The Balaban J connectivity index is 1.62. The van der Waals surface area contributed by atoms with Crippen molar-refractivity contribution >= 4 is 5.91 Å². The zero-order chi connectivity index (χ0) is 16.8. The SMILES string of the molecule is CCCCOc1ccccc1C(=O)NCc1ccc2c(c1)OCO2. The summed E-state index contributed by atoms with van der Waals surface area (Å²) >= 11 is 0. The van der Waals surface area contributed by atoms with E-state index in [0.29, 0.717) is 30.2 Å². The van der Waals surface area contributed by atoms with E-state index in [4.69, 9.17) is 14.2 Å². The van der Waals surface area contributed by atoms with Crippen LogP contribution < -0.4 is 19.5 Å². The molecule has 1 aliphatic rings. The number of rotatable bonds is 7.